The maximum atomic E-state index is 10.1. The summed E-state index contributed by atoms with van der Waals surface area (Å²) in [7, 11) is 0. The van der Waals surface area contributed by atoms with Crippen molar-refractivity contribution in [2.45, 2.75) is 145 Å². The maximum absolute atomic E-state index is 10.1. The average molecular weight is 457 g/mol. The minimum atomic E-state index is 0. The quantitative estimate of drug-likeness (QED) is 0.174. The smallest absolute Gasteiger partial charge is 0.120 e. The predicted octanol–water partition coefficient (Wildman–Crippen LogP) is 10.3. The third-order valence-corrected chi connectivity index (χ3v) is 5.73. The first-order valence-electron chi connectivity index (χ1n) is 13.7. The highest BCUT2D eigenvalue weighted by Crippen LogP contribution is 2.15. The van der Waals surface area contributed by atoms with E-state index in [-0.39, 0.29) is 1.43 Å². The summed E-state index contributed by atoms with van der Waals surface area (Å²) in [5.41, 5.74) is 1.40. The molecule has 0 bridgehead atoms. The third-order valence-electron chi connectivity index (χ3n) is 5.73. The van der Waals surface area contributed by atoms with E-state index in [9.17, 15) is 4.79 Å². The first kappa shape index (κ1) is 38.4. The van der Waals surface area contributed by atoms with Gasteiger partial charge in [-0.1, -0.05) is 124 Å². The van der Waals surface area contributed by atoms with Gasteiger partial charge in [0.15, 0.2) is 0 Å². The number of carbonyl (C=O) groups excluding carboxylic acids is 1. The second-order valence-electron chi connectivity index (χ2n) is 8.65. The molecule has 2 atom stereocenters. The van der Waals surface area contributed by atoms with Crippen molar-refractivity contribution in [1.82, 2.24) is 0 Å². The van der Waals surface area contributed by atoms with Crippen LogP contribution in [-0.4, -0.2) is 18.0 Å². The third kappa shape index (κ3) is 39.6. The maximum Gasteiger partial charge on any atom is 0.120 e. The molecule has 0 radical (unpaired) electrons. The molecule has 0 saturated heterocycles. The highest BCUT2D eigenvalue weighted by Gasteiger charge is 2.03. The molecule has 0 aliphatic heterocycles. The van der Waals surface area contributed by atoms with Gasteiger partial charge in [0, 0.05) is 14.5 Å². The molecular weight excluding hydrogens is 392 g/mol. The van der Waals surface area contributed by atoms with Gasteiger partial charge in [0.25, 0.3) is 0 Å². The summed E-state index contributed by atoms with van der Waals surface area (Å²) in [5, 5.41) is 8.67. The predicted molar refractivity (Wildman–Crippen MR) is 151 cm³/mol. The van der Waals surface area contributed by atoms with Crippen molar-refractivity contribution >= 4 is 6.29 Å². The molecule has 2 unspecified atom stereocenters. The lowest BCUT2D eigenvalue weighted by Crippen LogP contribution is -2.01. The monoisotopic (exact) mass is 456 g/mol. The molecule has 0 aliphatic carbocycles. The second kappa shape index (κ2) is 37.4. The number of hydrogen-bond donors (Lipinski definition) is 1. The number of rotatable bonds is 17. The topological polar surface area (TPSA) is 37.3 Å². The number of hydrogen-bond acceptors (Lipinski definition) is 2. The summed E-state index contributed by atoms with van der Waals surface area (Å²) in [6.07, 6.45) is 20.8. The molecule has 32 heavy (non-hydrogen) atoms. The summed E-state index contributed by atoms with van der Waals surface area (Å²) < 4.78 is 0. The normalized spacial score (nSPS) is 11.4. The number of unbranched alkanes of at least 4 members (excludes halogenated alkanes) is 3. The lowest BCUT2D eigenvalue weighted by Gasteiger charge is -2.11. The van der Waals surface area contributed by atoms with E-state index in [0.717, 1.165) is 44.3 Å². The Morgan fingerprint density at radius 1 is 0.844 bits per heavy atom. The van der Waals surface area contributed by atoms with Crippen molar-refractivity contribution < 1.29 is 11.3 Å². The van der Waals surface area contributed by atoms with Gasteiger partial charge >= 0.3 is 0 Å². The van der Waals surface area contributed by atoms with Crippen LogP contribution in [0.1, 0.15) is 146 Å². The molecule has 0 heterocycles. The van der Waals surface area contributed by atoms with Crippen molar-refractivity contribution in [3.63, 3.8) is 0 Å². The van der Waals surface area contributed by atoms with Gasteiger partial charge in [0.2, 0.25) is 0 Å². The molecule has 0 spiro atoms. The van der Waals surface area contributed by atoms with Crippen molar-refractivity contribution in [3.8, 4) is 0 Å². The van der Waals surface area contributed by atoms with Crippen LogP contribution in [0.25, 0.3) is 0 Å². The van der Waals surface area contributed by atoms with Gasteiger partial charge in [0.05, 0.1) is 0 Å². The molecule has 0 amide bonds. The van der Waals surface area contributed by atoms with Crippen molar-refractivity contribution in [1.29, 1.82) is 0 Å². The lowest BCUT2D eigenvalue weighted by molar-refractivity contribution is -0.108. The summed E-state index contributed by atoms with van der Waals surface area (Å²) >= 11 is 0. The molecule has 0 aliphatic rings. The van der Waals surface area contributed by atoms with Gasteiger partial charge in [-0.05, 0) is 43.9 Å². The van der Waals surface area contributed by atoms with E-state index in [2.05, 4.69) is 61.6 Å². The van der Waals surface area contributed by atoms with Crippen LogP contribution in [-0.2, 0) is 4.79 Å². The SMILES string of the molecule is C=C(CC)CCCC.C=CCC.CCCCC(CC)CC=O.CCCCC(CC)CCO.[HH]. The standard InChI is InChI=1S/C9H20O.C9H18O.C8H16.C4H8.H2/c2*1-3-5-6-9(4-2)7-8-10;1-4-6-7-8(3)5-2;1-3-4-2;/h9-10H,3-8H2,1-2H3;8-9H,3-7H2,1-2H3;3-7H2,1-2H3;3H,1,4H2,2H3;1H. The zero-order valence-corrected chi connectivity index (χ0v) is 23.4. The molecular formula is C30H64O2. The Labute approximate surface area is 205 Å². The fourth-order valence-corrected chi connectivity index (χ4v) is 2.95. The fraction of sp³-hybridized carbons (Fsp3) is 0.833. The molecule has 0 aromatic carbocycles. The van der Waals surface area contributed by atoms with E-state index in [1.165, 1.54) is 69.8 Å². The highest BCUT2D eigenvalue weighted by molar-refractivity contribution is 5.49. The van der Waals surface area contributed by atoms with E-state index in [4.69, 9.17) is 5.11 Å². The van der Waals surface area contributed by atoms with Crippen LogP contribution in [0.15, 0.2) is 24.8 Å². The minimum Gasteiger partial charge on any atom is -0.396 e. The van der Waals surface area contributed by atoms with Gasteiger partial charge in [-0.2, -0.15) is 0 Å². The Hall–Kier alpha value is -0.890. The Balaban J connectivity index is -0.000000109. The Kier molecular flexibility index (Phi) is 44.9. The van der Waals surface area contributed by atoms with Crippen LogP contribution in [0.4, 0.5) is 0 Å². The number of carbonyl (C=O) groups is 1. The lowest BCUT2D eigenvalue weighted by atomic mass is 9.96. The first-order chi connectivity index (χ1) is 15.4. The van der Waals surface area contributed by atoms with E-state index < -0.39 is 0 Å². The van der Waals surface area contributed by atoms with E-state index in [1.54, 1.807) is 0 Å². The molecule has 0 fully saturated rings. The number of aldehydes is 1. The molecule has 0 rings (SSSR count). The Bertz CT molecular complexity index is 355. The van der Waals surface area contributed by atoms with Crippen molar-refractivity contribution in [3.05, 3.63) is 24.8 Å². The zero-order valence-electron chi connectivity index (χ0n) is 23.4. The highest BCUT2D eigenvalue weighted by atomic mass is 16.3. The Morgan fingerprint density at radius 2 is 1.31 bits per heavy atom. The fourth-order valence-electron chi connectivity index (χ4n) is 2.95. The molecule has 0 aromatic rings. The minimum absolute atomic E-state index is 0. The molecule has 0 saturated carbocycles. The number of allylic oxidation sites excluding steroid dienone is 2. The van der Waals surface area contributed by atoms with Gasteiger partial charge < -0.3 is 9.90 Å². The molecule has 0 aromatic heterocycles. The summed E-state index contributed by atoms with van der Waals surface area (Å²) in [6.45, 7) is 23.0. The molecule has 196 valence electrons. The van der Waals surface area contributed by atoms with Crippen molar-refractivity contribution in [2.24, 2.45) is 11.8 Å². The second-order valence-corrected chi connectivity index (χ2v) is 8.65. The van der Waals surface area contributed by atoms with Gasteiger partial charge in [-0.3, -0.25) is 0 Å². The van der Waals surface area contributed by atoms with Crippen LogP contribution in [0.3, 0.4) is 0 Å². The summed E-state index contributed by atoms with van der Waals surface area (Å²) in [4.78, 5) is 10.1. The first-order valence-corrected chi connectivity index (χ1v) is 13.7. The average Bonchev–Trinajstić information content (AvgIpc) is 2.83. The molecule has 2 nitrogen and oxygen atoms in total. The molecule has 1 N–H and O–H groups in total. The van der Waals surface area contributed by atoms with E-state index in [0.29, 0.717) is 12.5 Å². The van der Waals surface area contributed by atoms with E-state index in [1.807, 2.05) is 6.08 Å². The van der Waals surface area contributed by atoms with Gasteiger partial charge in [-0.15, -0.1) is 6.58 Å². The van der Waals surface area contributed by atoms with Crippen LogP contribution in [0.2, 0.25) is 0 Å². The van der Waals surface area contributed by atoms with Crippen LogP contribution in [0.5, 0.6) is 0 Å². The van der Waals surface area contributed by atoms with Gasteiger partial charge in [-0.25, -0.2) is 0 Å². The summed E-state index contributed by atoms with van der Waals surface area (Å²) in [5.74, 6) is 1.42. The van der Waals surface area contributed by atoms with Crippen LogP contribution < -0.4 is 0 Å². The zero-order chi connectivity index (χ0) is 25.5. The number of aliphatic hydroxyl groups is 1. The summed E-state index contributed by atoms with van der Waals surface area (Å²) in [6, 6.07) is 0. The van der Waals surface area contributed by atoms with Crippen LogP contribution >= 0.6 is 0 Å². The van der Waals surface area contributed by atoms with Crippen LogP contribution in [0, 0.1) is 11.8 Å². The molecule has 2 heteroatoms. The largest absolute Gasteiger partial charge is 0.396 e. The number of aliphatic hydroxyl groups excluding tert-OH is 1. The van der Waals surface area contributed by atoms with Gasteiger partial charge in [0.1, 0.15) is 6.29 Å². The Morgan fingerprint density at radius 3 is 1.62 bits per heavy atom. The van der Waals surface area contributed by atoms with E-state index >= 15 is 0 Å². The van der Waals surface area contributed by atoms with Crippen molar-refractivity contribution in [2.75, 3.05) is 6.61 Å².